The molecule has 0 aliphatic carbocycles. The molecule has 5 nitrogen and oxygen atoms in total. The zero-order valence-electron chi connectivity index (χ0n) is 9.97. The number of aliphatic hydroxyl groups is 1. The summed E-state index contributed by atoms with van der Waals surface area (Å²) in [6.45, 7) is 0.604. The number of unbranched alkanes of at least 4 members (excludes halogenated alkanes) is 3. The molecule has 18 heavy (non-hydrogen) atoms. The van der Waals surface area contributed by atoms with Crippen molar-refractivity contribution in [3.05, 3.63) is 33.3 Å². The van der Waals surface area contributed by atoms with Crippen LogP contribution in [0.1, 0.15) is 25.7 Å². The van der Waals surface area contributed by atoms with Gasteiger partial charge in [-0.3, -0.25) is 10.1 Å². The maximum Gasteiger partial charge on any atom is 0.311 e. The Hall–Kier alpha value is -1.33. The first-order chi connectivity index (χ1) is 8.65. The van der Waals surface area contributed by atoms with Gasteiger partial charge in [-0.05, 0) is 25.3 Å². The van der Waals surface area contributed by atoms with Crippen molar-refractivity contribution in [2.24, 2.45) is 0 Å². The number of aliphatic hydroxyl groups excluding tert-OH is 1. The fourth-order valence-electron chi connectivity index (χ4n) is 1.50. The summed E-state index contributed by atoms with van der Waals surface area (Å²) in [6, 6.07) is 4.25. The van der Waals surface area contributed by atoms with Crippen molar-refractivity contribution >= 4 is 17.3 Å². The van der Waals surface area contributed by atoms with Crippen LogP contribution < -0.4 is 4.74 Å². The second-order valence-corrected chi connectivity index (χ2v) is 4.29. The molecular formula is C12H16ClNO4. The van der Waals surface area contributed by atoms with E-state index in [-0.39, 0.29) is 18.0 Å². The fraction of sp³-hybridized carbons (Fsp3) is 0.500. The minimum Gasteiger partial charge on any atom is -0.487 e. The molecule has 0 spiro atoms. The van der Waals surface area contributed by atoms with Gasteiger partial charge in [0, 0.05) is 23.8 Å². The summed E-state index contributed by atoms with van der Waals surface area (Å²) in [4.78, 5) is 10.3. The van der Waals surface area contributed by atoms with E-state index in [1.54, 1.807) is 0 Å². The number of nitrogens with zero attached hydrogens (tertiary/aromatic N) is 1. The van der Waals surface area contributed by atoms with Gasteiger partial charge in [-0.25, -0.2) is 0 Å². The van der Waals surface area contributed by atoms with Gasteiger partial charge in [0.05, 0.1) is 11.5 Å². The normalized spacial score (nSPS) is 10.3. The van der Waals surface area contributed by atoms with Crippen LogP contribution in [0.5, 0.6) is 5.75 Å². The maximum absolute atomic E-state index is 10.8. The van der Waals surface area contributed by atoms with E-state index >= 15 is 0 Å². The van der Waals surface area contributed by atoms with Gasteiger partial charge >= 0.3 is 5.69 Å². The van der Waals surface area contributed by atoms with Gasteiger partial charge in [0.2, 0.25) is 0 Å². The second-order valence-electron chi connectivity index (χ2n) is 3.86. The number of rotatable bonds is 8. The van der Waals surface area contributed by atoms with Gasteiger partial charge in [0.1, 0.15) is 0 Å². The van der Waals surface area contributed by atoms with Crippen LogP contribution in [0.4, 0.5) is 5.69 Å². The second kappa shape index (κ2) is 7.89. The summed E-state index contributed by atoms with van der Waals surface area (Å²) in [5.41, 5.74) is -0.0743. The molecule has 0 saturated carbocycles. The Morgan fingerprint density at radius 2 is 2.00 bits per heavy atom. The highest BCUT2D eigenvalue weighted by Gasteiger charge is 2.14. The SMILES string of the molecule is O=[N+]([O-])c1ccc(Cl)cc1OCCCCCCO. The topological polar surface area (TPSA) is 72.6 Å². The van der Waals surface area contributed by atoms with E-state index in [4.69, 9.17) is 21.4 Å². The van der Waals surface area contributed by atoms with Crippen molar-refractivity contribution in [2.75, 3.05) is 13.2 Å². The van der Waals surface area contributed by atoms with Gasteiger partial charge in [-0.15, -0.1) is 0 Å². The average molecular weight is 274 g/mol. The predicted octanol–water partition coefficient (Wildman–Crippen LogP) is 3.18. The molecule has 0 fully saturated rings. The lowest BCUT2D eigenvalue weighted by molar-refractivity contribution is -0.385. The number of hydrogen-bond acceptors (Lipinski definition) is 4. The molecule has 0 bridgehead atoms. The fourth-order valence-corrected chi connectivity index (χ4v) is 1.67. The van der Waals surface area contributed by atoms with Crippen molar-refractivity contribution in [2.45, 2.75) is 25.7 Å². The first-order valence-corrected chi connectivity index (χ1v) is 6.20. The van der Waals surface area contributed by atoms with Crippen LogP contribution in [0.25, 0.3) is 0 Å². The molecule has 100 valence electrons. The van der Waals surface area contributed by atoms with Crippen LogP contribution in [0.15, 0.2) is 18.2 Å². The first kappa shape index (κ1) is 14.7. The minimum atomic E-state index is -0.489. The zero-order valence-corrected chi connectivity index (χ0v) is 10.7. The Morgan fingerprint density at radius 3 is 2.67 bits per heavy atom. The predicted molar refractivity (Wildman–Crippen MR) is 69.2 cm³/mol. The monoisotopic (exact) mass is 273 g/mol. The highest BCUT2D eigenvalue weighted by atomic mass is 35.5. The van der Waals surface area contributed by atoms with Crippen molar-refractivity contribution in [3.63, 3.8) is 0 Å². The summed E-state index contributed by atoms with van der Waals surface area (Å²) in [5, 5.41) is 19.8. The highest BCUT2D eigenvalue weighted by Crippen LogP contribution is 2.30. The van der Waals surface area contributed by atoms with Crippen LogP contribution in [-0.4, -0.2) is 23.2 Å². The smallest absolute Gasteiger partial charge is 0.311 e. The number of hydrogen-bond donors (Lipinski definition) is 1. The molecule has 0 aliphatic heterocycles. The van der Waals surface area contributed by atoms with Crippen LogP contribution in [0, 0.1) is 10.1 Å². The number of ether oxygens (including phenoxy) is 1. The van der Waals surface area contributed by atoms with Crippen molar-refractivity contribution in [1.29, 1.82) is 0 Å². The molecule has 1 aromatic carbocycles. The van der Waals surface area contributed by atoms with Gasteiger partial charge < -0.3 is 9.84 Å². The molecule has 6 heteroatoms. The molecule has 1 N–H and O–H groups in total. The molecule has 0 atom stereocenters. The molecule has 0 heterocycles. The van der Waals surface area contributed by atoms with Gasteiger partial charge in [-0.2, -0.15) is 0 Å². The minimum absolute atomic E-state index is 0.0743. The van der Waals surface area contributed by atoms with E-state index in [1.165, 1.54) is 18.2 Å². The zero-order chi connectivity index (χ0) is 13.4. The lowest BCUT2D eigenvalue weighted by Gasteiger charge is -2.06. The molecule has 0 saturated heterocycles. The maximum atomic E-state index is 10.8. The molecular weight excluding hydrogens is 258 g/mol. The Morgan fingerprint density at radius 1 is 1.28 bits per heavy atom. The summed E-state index contributed by atoms with van der Waals surface area (Å²) >= 11 is 5.77. The molecule has 0 aliphatic rings. The molecule has 0 unspecified atom stereocenters. The van der Waals surface area contributed by atoms with Gasteiger partial charge in [0.15, 0.2) is 5.75 Å². The van der Waals surface area contributed by atoms with Crippen LogP contribution >= 0.6 is 11.6 Å². The van der Waals surface area contributed by atoms with Crippen LogP contribution in [0.2, 0.25) is 5.02 Å². The third-order valence-electron chi connectivity index (χ3n) is 2.43. The molecule has 1 rings (SSSR count). The standard InChI is InChI=1S/C12H16ClNO4/c13-10-5-6-11(14(16)17)12(9-10)18-8-4-2-1-3-7-15/h5-6,9,15H,1-4,7-8H2. The molecule has 0 aromatic heterocycles. The summed E-state index contributed by atoms with van der Waals surface area (Å²) < 4.78 is 5.37. The Kier molecular flexibility index (Phi) is 6.46. The van der Waals surface area contributed by atoms with E-state index in [9.17, 15) is 10.1 Å². The van der Waals surface area contributed by atoms with E-state index in [0.717, 1.165) is 25.7 Å². The quantitative estimate of drug-likeness (QED) is 0.448. The summed E-state index contributed by atoms with van der Waals surface area (Å²) in [6.07, 6.45) is 3.42. The first-order valence-electron chi connectivity index (χ1n) is 5.82. The third-order valence-corrected chi connectivity index (χ3v) is 2.66. The van der Waals surface area contributed by atoms with Crippen molar-refractivity contribution in [1.82, 2.24) is 0 Å². The number of halogens is 1. The van der Waals surface area contributed by atoms with Gasteiger partial charge in [-0.1, -0.05) is 18.0 Å². The van der Waals surface area contributed by atoms with Gasteiger partial charge in [0.25, 0.3) is 0 Å². The summed E-state index contributed by atoms with van der Waals surface area (Å²) in [5.74, 6) is 0.203. The van der Waals surface area contributed by atoms with Crippen molar-refractivity contribution in [3.8, 4) is 5.75 Å². The van der Waals surface area contributed by atoms with Crippen molar-refractivity contribution < 1.29 is 14.8 Å². The largest absolute Gasteiger partial charge is 0.487 e. The summed E-state index contributed by atoms with van der Waals surface area (Å²) in [7, 11) is 0. The van der Waals surface area contributed by atoms with E-state index in [2.05, 4.69) is 0 Å². The molecule has 0 radical (unpaired) electrons. The number of benzene rings is 1. The van der Waals surface area contributed by atoms with E-state index in [0.29, 0.717) is 11.6 Å². The number of nitro groups is 1. The Balaban J connectivity index is 2.45. The Labute approximate surface area is 110 Å². The molecule has 0 amide bonds. The lowest BCUT2D eigenvalue weighted by Crippen LogP contribution is -2.00. The highest BCUT2D eigenvalue weighted by molar-refractivity contribution is 6.30. The Bertz CT molecular complexity index is 398. The van der Waals surface area contributed by atoms with E-state index < -0.39 is 4.92 Å². The average Bonchev–Trinajstić information content (AvgIpc) is 2.33. The molecule has 1 aromatic rings. The van der Waals surface area contributed by atoms with Crippen LogP contribution in [-0.2, 0) is 0 Å². The van der Waals surface area contributed by atoms with E-state index in [1.807, 2.05) is 0 Å². The van der Waals surface area contributed by atoms with Crippen LogP contribution in [0.3, 0.4) is 0 Å². The number of nitro benzene ring substituents is 1. The third kappa shape index (κ3) is 4.89. The lowest BCUT2D eigenvalue weighted by atomic mass is 10.2.